The van der Waals surface area contributed by atoms with Crippen LogP contribution < -0.4 is 4.74 Å². The Hall–Kier alpha value is -1.20. The summed E-state index contributed by atoms with van der Waals surface area (Å²) < 4.78 is 8.72. The molecule has 1 aliphatic rings. The number of ether oxygens (including phenoxy) is 1. The summed E-state index contributed by atoms with van der Waals surface area (Å²) in [5.41, 5.74) is 1.26. The fraction of sp³-hybridized carbons (Fsp3) is 0.556. The van der Waals surface area contributed by atoms with Gasteiger partial charge in [-0.25, -0.2) is 4.31 Å². The Morgan fingerprint density at radius 3 is 2.50 bits per heavy atom. The Balaban J connectivity index is 1.56. The molecule has 176 valence electrons. The summed E-state index contributed by atoms with van der Waals surface area (Å²) in [5.74, 6) is 1.75. The van der Waals surface area contributed by atoms with E-state index in [0.717, 1.165) is 49.4 Å². The largest absolute Gasteiger partial charge is 0.493 e. The molecular weight excluding hydrogens is 436 g/mol. The number of likely N-dealkylation sites (tertiary alicyclic amines) is 1. The lowest BCUT2D eigenvalue weighted by molar-refractivity contribution is 0.204. The zero-order valence-electron chi connectivity index (χ0n) is 19.8. The van der Waals surface area contributed by atoms with E-state index in [9.17, 15) is 0 Å². The van der Waals surface area contributed by atoms with Crippen molar-refractivity contribution in [3.8, 4) is 5.75 Å². The molecule has 1 aliphatic heterocycles. The predicted molar refractivity (Wildman–Crippen MR) is 139 cm³/mol. The number of hydrogen-bond donors (Lipinski definition) is 0. The average molecular weight is 475 g/mol. The standard InChI is InChI=1S/C27H39ClN2OS/c1-23(2)10-8-20-30(32-26-15-13-25(28)14-16-26)22-24-11-4-5-12-27(24)31-21-9-19-29-17-6-3-7-18-29/h4-5,11-16,23H,3,6-10,17-22H2,1-2H3. The summed E-state index contributed by atoms with van der Waals surface area (Å²) in [6.45, 7) is 10.9. The smallest absolute Gasteiger partial charge is 0.123 e. The second-order valence-electron chi connectivity index (χ2n) is 9.16. The fourth-order valence-corrected chi connectivity index (χ4v) is 5.20. The Labute approximate surface area is 204 Å². The first kappa shape index (κ1) is 25.4. The fourth-order valence-electron chi connectivity index (χ4n) is 4.10. The van der Waals surface area contributed by atoms with Crippen LogP contribution in [0, 0.1) is 5.92 Å². The second kappa shape index (κ2) is 14.1. The van der Waals surface area contributed by atoms with Crippen molar-refractivity contribution in [1.29, 1.82) is 0 Å². The average Bonchev–Trinajstić information content (AvgIpc) is 2.79. The molecule has 5 heteroatoms. The van der Waals surface area contributed by atoms with E-state index in [0.29, 0.717) is 0 Å². The van der Waals surface area contributed by atoms with Crippen LogP contribution >= 0.6 is 23.5 Å². The topological polar surface area (TPSA) is 15.7 Å². The number of nitrogens with zero attached hydrogens (tertiary/aromatic N) is 2. The molecule has 0 unspecified atom stereocenters. The normalized spacial score (nSPS) is 14.9. The van der Waals surface area contributed by atoms with Crippen molar-refractivity contribution in [2.24, 2.45) is 5.92 Å². The van der Waals surface area contributed by atoms with E-state index in [4.69, 9.17) is 16.3 Å². The summed E-state index contributed by atoms with van der Waals surface area (Å²) >= 11 is 7.90. The molecule has 2 aromatic rings. The molecule has 0 aliphatic carbocycles. The lowest BCUT2D eigenvalue weighted by atomic mass is 10.1. The van der Waals surface area contributed by atoms with Gasteiger partial charge in [0.1, 0.15) is 5.75 Å². The van der Waals surface area contributed by atoms with Crippen LogP contribution in [0.3, 0.4) is 0 Å². The Morgan fingerprint density at radius 1 is 1.00 bits per heavy atom. The van der Waals surface area contributed by atoms with Gasteiger partial charge in [-0.3, -0.25) is 0 Å². The molecule has 3 nitrogen and oxygen atoms in total. The molecule has 2 aromatic carbocycles. The predicted octanol–water partition coefficient (Wildman–Crippen LogP) is 7.54. The van der Waals surface area contributed by atoms with Crippen molar-refractivity contribution >= 4 is 23.5 Å². The lowest BCUT2D eigenvalue weighted by Crippen LogP contribution is -2.31. The highest BCUT2D eigenvalue weighted by Crippen LogP contribution is 2.29. The summed E-state index contributed by atoms with van der Waals surface area (Å²) in [5, 5.41) is 0.781. The highest BCUT2D eigenvalue weighted by Gasteiger charge is 2.13. The third-order valence-electron chi connectivity index (χ3n) is 5.88. The molecule has 1 saturated heterocycles. The van der Waals surface area contributed by atoms with Crippen molar-refractivity contribution < 1.29 is 4.74 Å². The van der Waals surface area contributed by atoms with Gasteiger partial charge < -0.3 is 9.64 Å². The SMILES string of the molecule is CC(C)CCCN(Cc1ccccc1OCCCN1CCCCC1)Sc1ccc(Cl)cc1. The Bertz CT molecular complexity index is 777. The molecule has 0 amide bonds. The zero-order valence-corrected chi connectivity index (χ0v) is 21.3. The molecule has 0 atom stereocenters. The third-order valence-corrected chi connectivity index (χ3v) is 7.19. The molecule has 0 aromatic heterocycles. The second-order valence-corrected chi connectivity index (χ2v) is 10.8. The van der Waals surface area contributed by atoms with Crippen LogP contribution in [0.15, 0.2) is 53.4 Å². The molecule has 3 rings (SSSR count). The summed E-state index contributed by atoms with van der Waals surface area (Å²) in [6, 6.07) is 16.7. The molecule has 1 heterocycles. The van der Waals surface area contributed by atoms with Crippen molar-refractivity contribution in [2.45, 2.75) is 63.8 Å². The van der Waals surface area contributed by atoms with Crippen molar-refractivity contribution in [3.63, 3.8) is 0 Å². The van der Waals surface area contributed by atoms with Crippen molar-refractivity contribution in [1.82, 2.24) is 9.21 Å². The third kappa shape index (κ3) is 9.35. The minimum Gasteiger partial charge on any atom is -0.493 e. The number of halogens is 1. The number of para-hydroxylation sites is 1. The molecule has 32 heavy (non-hydrogen) atoms. The summed E-state index contributed by atoms with van der Waals surface area (Å²) in [6.07, 6.45) is 7.61. The lowest BCUT2D eigenvalue weighted by Gasteiger charge is -2.26. The molecule has 0 spiro atoms. The zero-order chi connectivity index (χ0) is 22.6. The van der Waals surface area contributed by atoms with Crippen molar-refractivity contribution in [2.75, 3.05) is 32.8 Å². The van der Waals surface area contributed by atoms with Gasteiger partial charge in [0.2, 0.25) is 0 Å². The molecule has 0 saturated carbocycles. The van der Waals surface area contributed by atoms with Gasteiger partial charge in [-0.2, -0.15) is 0 Å². The molecule has 0 N–H and O–H groups in total. The Kier molecular flexibility index (Phi) is 11.2. The maximum Gasteiger partial charge on any atom is 0.123 e. The maximum absolute atomic E-state index is 6.26. The van der Waals surface area contributed by atoms with Crippen LogP contribution in [0.4, 0.5) is 0 Å². The van der Waals surface area contributed by atoms with E-state index in [1.54, 1.807) is 0 Å². The Morgan fingerprint density at radius 2 is 1.75 bits per heavy atom. The van der Waals surface area contributed by atoms with Gasteiger partial charge >= 0.3 is 0 Å². The van der Waals surface area contributed by atoms with Crippen LogP contribution in [0.1, 0.15) is 57.9 Å². The van der Waals surface area contributed by atoms with Crippen LogP contribution in [0.25, 0.3) is 0 Å². The van der Waals surface area contributed by atoms with Crippen molar-refractivity contribution in [3.05, 3.63) is 59.1 Å². The highest BCUT2D eigenvalue weighted by molar-refractivity contribution is 7.97. The van der Waals surface area contributed by atoms with E-state index >= 15 is 0 Å². The summed E-state index contributed by atoms with van der Waals surface area (Å²) in [7, 11) is 0. The first-order chi connectivity index (χ1) is 15.6. The quantitative estimate of drug-likeness (QED) is 0.220. The maximum atomic E-state index is 6.26. The van der Waals surface area contributed by atoms with E-state index in [1.807, 2.05) is 24.1 Å². The van der Waals surface area contributed by atoms with E-state index in [1.165, 1.54) is 55.7 Å². The van der Waals surface area contributed by atoms with Gasteiger partial charge in [-0.1, -0.05) is 50.1 Å². The van der Waals surface area contributed by atoms with Gasteiger partial charge in [0.05, 0.1) is 6.61 Å². The molecular formula is C27H39ClN2OS. The van der Waals surface area contributed by atoms with Gasteiger partial charge in [0.25, 0.3) is 0 Å². The van der Waals surface area contributed by atoms with E-state index < -0.39 is 0 Å². The van der Waals surface area contributed by atoms with Gasteiger partial charge in [-0.05, 0) is 93.4 Å². The van der Waals surface area contributed by atoms with Gasteiger partial charge in [0.15, 0.2) is 0 Å². The molecule has 0 radical (unpaired) electrons. The minimum absolute atomic E-state index is 0.730. The summed E-state index contributed by atoms with van der Waals surface area (Å²) in [4.78, 5) is 3.80. The molecule has 0 bridgehead atoms. The van der Waals surface area contributed by atoms with Gasteiger partial charge in [0, 0.05) is 35.1 Å². The van der Waals surface area contributed by atoms with E-state index in [2.05, 4.69) is 59.5 Å². The first-order valence-electron chi connectivity index (χ1n) is 12.2. The first-order valence-corrected chi connectivity index (χ1v) is 13.4. The number of benzene rings is 2. The molecule has 1 fully saturated rings. The minimum atomic E-state index is 0.730. The van der Waals surface area contributed by atoms with Crippen LogP contribution in [-0.4, -0.2) is 42.0 Å². The van der Waals surface area contributed by atoms with Crippen LogP contribution in [-0.2, 0) is 6.54 Å². The number of rotatable bonds is 13. The van der Waals surface area contributed by atoms with E-state index in [-0.39, 0.29) is 0 Å². The van der Waals surface area contributed by atoms with Crippen LogP contribution in [0.5, 0.6) is 5.75 Å². The monoisotopic (exact) mass is 474 g/mol. The number of piperidine rings is 1. The highest BCUT2D eigenvalue weighted by atomic mass is 35.5. The number of hydrogen-bond acceptors (Lipinski definition) is 4. The van der Waals surface area contributed by atoms with Gasteiger partial charge in [-0.15, -0.1) is 0 Å². The van der Waals surface area contributed by atoms with Crippen LogP contribution in [0.2, 0.25) is 5.02 Å².